The second-order valence-electron chi connectivity index (χ2n) is 8.49. The Kier molecular flexibility index (Phi) is 9.86. The van der Waals surface area contributed by atoms with Crippen molar-refractivity contribution < 1.29 is 55.6 Å². The number of carboxylic acid groups (broad SMARTS) is 2. The molecule has 1 aromatic heterocycles. The second kappa shape index (κ2) is 12.0. The highest BCUT2D eigenvalue weighted by atomic mass is 19.4. The Morgan fingerprint density at radius 3 is 1.97 bits per heavy atom. The van der Waals surface area contributed by atoms with E-state index in [0.29, 0.717) is 5.92 Å². The molecule has 1 atom stereocenters. The molecule has 3 aliphatic rings. The lowest BCUT2D eigenvalue weighted by Gasteiger charge is -2.50. The van der Waals surface area contributed by atoms with Gasteiger partial charge in [0.15, 0.2) is 0 Å². The van der Waals surface area contributed by atoms with Crippen LogP contribution in [0.25, 0.3) is 0 Å². The fourth-order valence-corrected chi connectivity index (χ4v) is 3.60. The maximum atomic E-state index is 10.6. The monoisotopic (exact) mass is 516 g/mol. The highest BCUT2D eigenvalue weighted by Crippen LogP contribution is 2.41. The van der Waals surface area contributed by atoms with Gasteiger partial charge in [0.05, 0.1) is 12.2 Å². The van der Waals surface area contributed by atoms with Gasteiger partial charge < -0.3 is 19.7 Å². The summed E-state index contributed by atoms with van der Waals surface area (Å²) in [5.74, 6) is -4.07. The number of alkyl halides is 6. The molecule has 4 rings (SSSR count). The molecule has 1 unspecified atom stereocenters. The molecule has 1 spiro atoms. The number of halogens is 6. The maximum absolute atomic E-state index is 10.6. The van der Waals surface area contributed by atoms with Crippen molar-refractivity contribution in [3.05, 3.63) is 30.1 Å². The van der Waals surface area contributed by atoms with E-state index in [1.807, 2.05) is 12.4 Å². The van der Waals surface area contributed by atoms with Crippen molar-refractivity contribution in [1.82, 2.24) is 9.88 Å². The van der Waals surface area contributed by atoms with E-state index in [1.165, 1.54) is 18.4 Å². The van der Waals surface area contributed by atoms with Gasteiger partial charge in [0.2, 0.25) is 0 Å². The Morgan fingerprint density at radius 2 is 1.51 bits per heavy atom. The van der Waals surface area contributed by atoms with Gasteiger partial charge in [-0.05, 0) is 42.9 Å². The minimum absolute atomic E-state index is 0.0799. The predicted molar refractivity (Wildman–Crippen MR) is 107 cm³/mol. The molecule has 198 valence electrons. The number of hydrogen-bond donors (Lipinski definition) is 2. The zero-order chi connectivity index (χ0) is 26.3. The summed E-state index contributed by atoms with van der Waals surface area (Å²) in [6.45, 7) is 5.86. The largest absolute Gasteiger partial charge is 0.490 e. The molecule has 0 radical (unpaired) electrons. The topological polar surface area (TPSA) is 109 Å². The molecule has 8 nitrogen and oxygen atoms in total. The van der Waals surface area contributed by atoms with Crippen molar-refractivity contribution in [2.24, 2.45) is 11.8 Å². The average molecular weight is 516 g/mol. The Morgan fingerprint density at radius 1 is 1.00 bits per heavy atom. The summed E-state index contributed by atoms with van der Waals surface area (Å²) in [7, 11) is 0. The fourth-order valence-electron chi connectivity index (χ4n) is 3.60. The molecule has 14 heteroatoms. The average Bonchev–Trinajstić information content (AvgIpc) is 3.46. The molecule has 1 saturated carbocycles. The lowest BCUT2D eigenvalue weighted by molar-refractivity contribution is -0.193. The summed E-state index contributed by atoms with van der Waals surface area (Å²) in [4.78, 5) is 24.3. The standard InChI is InChI=1S/C17H24N2O2.2C2HF3O2/c1-2-15(1)10-20-11-16-5-8-21-17(16)12-19(13-17)9-14-3-6-18-7-4-14;2*3-2(4,5)1(6)7/h3-4,6-7,15-16H,1-2,5,8-13H2;2*(H,6,7). The first-order valence-electron chi connectivity index (χ1n) is 10.7. The number of pyridine rings is 1. The highest BCUT2D eigenvalue weighted by Gasteiger charge is 2.52. The van der Waals surface area contributed by atoms with Crippen molar-refractivity contribution in [2.75, 3.05) is 32.9 Å². The summed E-state index contributed by atoms with van der Waals surface area (Å²) < 4.78 is 75.5. The first kappa shape index (κ1) is 28.8. The minimum atomic E-state index is -5.08. The van der Waals surface area contributed by atoms with Crippen LogP contribution in [0.1, 0.15) is 24.8 Å². The van der Waals surface area contributed by atoms with Gasteiger partial charge in [0.25, 0.3) is 0 Å². The Labute approximate surface area is 196 Å². The molecular weight excluding hydrogens is 490 g/mol. The second-order valence-corrected chi connectivity index (χ2v) is 8.49. The van der Waals surface area contributed by atoms with Gasteiger partial charge in [-0.15, -0.1) is 0 Å². The predicted octanol–water partition coefficient (Wildman–Crippen LogP) is 3.37. The van der Waals surface area contributed by atoms with E-state index in [0.717, 1.165) is 51.8 Å². The van der Waals surface area contributed by atoms with Crippen LogP contribution in [0.4, 0.5) is 26.3 Å². The van der Waals surface area contributed by atoms with Crippen LogP contribution < -0.4 is 0 Å². The van der Waals surface area contributed by atoms with Gasteiger partial charge in [-0.1, -0.05) is 0 Å². The maximum Gasteiger partial charge on any atom is 0.490 e. The van der Waals surface area contributed by atoms with Gasteiger partial charge in [-0.2, -0.15) is 26.3 Å². The Bertz CT molecular complexity index is 802. The Balaban J connectivity index is 0.000000257. The third kappa shape index (κ3) is 9.61. The lowest BCUT2D eigenvalue weighted by Crippen LogP contribution is -2.64. The molecule has 1 aliphatic carbocycles. The van der Waals surface area contributed by atoms with Crippen LogP contribution >= 0.6 is 0 Å². The van der Waals surface area contributed by atoms with Crippen LogP contribution in [-0.4, -0.2) is 82.9 Å². The number of carboxylic acids is 2. The third-order valence-corrected chi connectivity index (χ3v) is 5.59. The third-order valence-electron chi connectivity index (χ3n) is 5.59. The van der Waals surface area contributed by atoms with Gasteiger partial charge in [0.1, 0.15) is 0 Å². The molecule has 2 saturated heterocycles. The van der Waals surface area contributed by atoms with Crippen molar-refractivity contribution in [2.45, 2.75) is 43.8 Å². The molecule has 3 heterocycles. The highest BCUT2D eigenvalue weighted by molar-refractivity contribution is 5.73. The molecule has 0 amide bonds. The van der Waals surface area contributed by atoms with Gasteiger partial charge in [-0.25, -0.2) is 9.59 Å². The number of aromatic nitrogens is 1. The molecule has 0 bridgehead atoms. The number of carbonyl (C=O) groups is 2. The van der Waals surface area contributed by atoms with E-state index in [-0.39, 0.29) is 5.60 Å². The van der Waals surface area contributed by atoms with Gasteiger partial charge in [0, 0.05) is 51.2 Å². The number of likely N-dealkylation sites (tertiary alicyclic amines) is 1. The number of aliphatic carboxylic acids is 2. The zero-order valence-electron chi connectivity index (χ0n) is 18.5. The first-order valence-corrected chi connectivity index (χ1v) is 10.7. The molecule has 2 aliphatic heterocycles. The van der Waals surface area contributed by atoms with Crippen LogP contribution in [-0.2, 0) is 25.6 Å². The van der Waals surface area contributed by atoms with E-state index < -0.39 is 24.3 Å². The molecule has 35 heavy (non-hydrogen) atoms. The first-order chi connectivity index (χ1) is 16.2. The van der Waals surface area contributed by atoms with E-state index >= 15 is 0 Å². The fraction of sp³-hybridized carbons (Fsp3) is 0.667. The van der Waals surface area contributed by atoms with E-state index in [1.54, 1.807) is 0 Å². The number of ether oxygens (including phenoxy) is 2. The summed E-state index contributed by atoms with van der Waals surface area (Å²) >= 11 is 0. The van der Waals surface area contributed by atoms with Crippen LogP contribution in [0.2, 0.25) is 0 Å². The van der Waals surface area contributed by atoms with Crippen LogP contribution in [0.15, 0.2) is 24.5 Å². The van der Waals surface area contributed by atoms with Crippen LogP contribution in [0.3, 0.4) is 0 Å². The van der Waals surface area contributed by atoms with Gasteiger partial charge >= 0.3 is 24.3 Å². The van der Waals surface area contributed by atoms with Crippen molar-refractivity contribution in [3.8, 4) is 0 Å². The zero-order valence-corrected chi connectivity index (χ0v) is 18.5. The lowest BCUT2D eigenvalue weighted by atomic mass is 9.81. The number of nitrogens with zero attached hydrogens (tertiary/aromatic N) is 2. The number of hydrogen-bond acceptors (Lipinski definition) is 6. The molecule has 2 N–H and O–H groups in total. The summed E-state index contributed by atoms with van der Waals surface area (Å²) in [5.41, 5.74) is 1.41. The SMILES string of the molecule is O=C(O)C(F)(F)F.O=C(O)C(F)(F)F.c1cc(CN2CC3(C2)OCCC3COCC2CC2)ccn1. The van der Waals surface area contributed by atoms with E-state index in [4.69, 9.17) is 29.3 Å². The minimum Gasteiger partial charge on any atom is -0.475 e. The van der Waals surface area contributed by atoms with E-state index in [2.05, 4.69) is 22.0 Å². The number of rotatable bonds is 6. The molecular formula is C21H26F6N2O6. The smallest absolute Gasteiger partial charge is 0.475 e. The Hall–Kier alpha value is -2.45. The molecule has 3 fully saturated rings. The molecule has 0 aromatic carbocycles. The quantitative estimate of drug-likeness (QED) is 0.555. The van der Waals surface area contributed by atoms with Crippen LogP contribution in [0.5, 0.6) is 0 Å². The van der Waals surface area contributed by atoms with E-state index in [9.17, 15) is 26.3 Å². The summed E-state index contributed by atoms with van der Waals surface area (Å²) in [6, 6.07) is 4.19. The molecule has 1 aromatic rings. The van der Waals surface area contributed by atoms with Crippen molar-refractivity contribution in [1.29, 1.82) is 0 Å². The summed E-state index contributed by atoms with van der Waals surface area (Å²) in [6.07, 6.45) is -2.54. The normalized spacial score (nSPS) is 21.3. The van der Waals surface area contributed by atoms with Gasteiger partial charge in [-0.3, -0.25) is 9.88 Å². The van der Waals surface area contributed by atoms with Crippen molar-refractivity contribution in [3.63, 3.8) is 0 Å². The summed E-state index contributed by atoms with van der Waals surface area (Å²) in [5, 5.41) is 14.2. The van der Waals surface area contributed by atoms with Crippen LogP contribution in [0, 0.1) is 11.8 Å². The van der Waals surface area contributed by atoms with Crippen molar-refractivity contribution >= 4 is 11.9 Å².